The van der Waals surface area contributed by atoms with Gasteiger partial charge >= 0.3 is 0 Å². The highest BCUT2D eigenvalue weighted by Gasteiger charge is 2.51. The molecule has 19 heavy (non-hydrogen) atoms. The zero-order chi connectivity index (χ0) is 13.3. The van der Waals surface area contributed by atoms with Gasteiger partial charge in [0.15, 0.2) is 0 Å². The third-order valence-corrected chi connectivity index (χ3v) is 4.89. The summed E-state index contributed by atoms with van der Waals surface area (Å²) in [6.45, 7) is 1.95. The lowest BCUT2D eigenvalue weighted by atomic mass is 9.79. The van der Waals surface area contributed by atoms with Gasteiger partial charge in [-0.15, -0.1) is 0 Å². The summed E-state index contributed by atoms with van der Waals surface area (Å²) in [5.41, 5.74) is 0.0294. The molecule has 5 heteroatoms. The fourth-order valence-electron chi connectivity index (χ4n) is 3.74. The van der Waals surface area contributed by atoms with E-state index >= 15 is 0 Å². The van der Waals surface area contributed by atoms with Crippen molar-refractivity contribution in [3.63, 3.8) is 0 Å². The van der Waals surface area contributed by atoms with Crippen molar-refractivity contribution in [1.82, 2.24) is 14.9 Å². The number of aromatic amines is 1. The Morgan fingerprint density at radius 2 is 2.37 bits per heavy atom. The van der Waals surface area contributed by atoms with Crippen LogP contribution in [0.1, 0.15) is 31.5 Å². The van der Waals surface area contributed by atoms with Crippen molar-refractivity contribution in [3.8, 4) is 0 Å². The van der Waals surface area contributed by atoms with Gasteiger partial charge in [0.2, 0.25) is 0 Å². The molecular weight excluding hydrogens is 242 g/mol. The van der Waals surface area contributed by atoms with Gasteiger partial charge < -0.3 is 14.5 Å². The Morgan fingerprint density at radius 3 is 3.05 bits per heavy atom. The molecule has 0 spiro atoms. The number of rotatable bonds is 4. The first-order valence-corrected chi connectivity index (χ1v) is 7.07. The predicted octanol–water partition coefficient (Wildman–Crippen LogP) is 1.57. The molecule has 1 aliphatic heterocycles. The number of ether oxygens (including phenoxy) is 2. The molecule has 1 aliphatic carbocycles. The third-order valence-electron chi connectivity index (χ3n) is 4.89. The molecule has 0 unspecified atom stereocenters. The predicted molar refractivity (Wildman–Crippen MR) is 71.8 cm³/mol. The summed E-state index contributed by atoms with van der Waals surface area (Å²) < 4.78 is 11.5. The molecule has 106 valence electrons. The van der Waals surface area contributed by atoms with Crippen molar-refractivity contribution in [3.05, 3.63) is 18.2 Å². The number of H-pyrrole nitrogens is 1. The van der Waals surface area contributed by atoms with Gasteiger partial charge in [0.25, 0.3) is 0 Å². The van der Waals surface area contributed by atoms with Gasteiger partial charge in [-0.25, -0.2) is 4.98 Å². The lowest BCUT2D eigenvalue weighted by Gasteiger charge is -2.43. The highest BCUT2D eigenvalue weighted by atomic mass is 16.5. The van der Waals surface area contributed by atoms with Crippen LogP contribution in [0.2, 0.25) is 0 Å². The Kier molecular flexibility index (Phi) is 3.60. The normalized spacial score (nSPS) is 35.5. The molecule has 0 bridgehead atoms. The molecule has 0 radical (unpaired) electrons. The van der Waals surface area contributed by atoms with E-state index in [0.717, 1.165) is 44.6 Å². The van der Waals surface area contributed by atoms with E-state index in [2.05, 4.69) is 14.9 Å². The van der Waals surface area contributed by atoms with Crippen LogP contribution < -0.4 is 0 Å². The van der Waals surface area contributed by atoms with Crippen molar-refractivity contribution in [2.45, 2.75) is 50.0 Å². The van der Waals surface area contributed by atoms with Gasteiger partial charge in [-0.1, -0.05) is 0 Å². The maximum Gasteiger partial charge on any atom is 0.120 e. The lowest BCUT2D eigenvalue weighted by Crippen LogP contribution is -2.51. The van der Waals surface area contributed by atoms with Crippen LogP contribution in [0, 0.1) is 0 Å². The third kappa shape index (κ3) is 2.30. The van der Waals surface area contributed by atoms with E-state index < -0.39 is 0 Å². The Morgan fingerprint density at radius 1 is 1.47 bits per heavy atom. The minimum atomic E-state index is 0.0294. The zero-order valence-corrected chi connectivity index (χ0v) is 11.8. The second-order valence-corrected chi connectivity index (χ2v) is 5.67. The van der Waals surface area contributed by atoms with Crippen LogP contribution >= 0.6 is 0 Å². The summed E-state index contributed by atoms with van der Waals surface area (Å²) >= 11 is 0. The minimum absolute atomic E-state index is 0.0294. The summed E-state index contributed by atoms with van der Waals surface area (Å²) in [5.74, 6) is 1.03. The summed E-state index contributed by atoms with van der Waals surface area (Å²) in [6.07, 6.45) is 8.44. The molecule has 3 atom stereocenters. The molecule has 2 fully saturated rings. The summed E-state index contributed by atoms with van der Waals surface area (Å²) in [5, 5.41) is 0. The number of methoxy groups -OCH3 is 2. The topological polar surface area (TPSA) is 50.4 Å². The van der Waals surface area contributed by atoms with E-state index in [1.165, 1.54) is 0 Å². The van der Waals surface area contributed by atoms with Crippen LogP contribution in [-0.2, 0) is 16.0 Å². The highest BCUT2D eigenvalue weighted by molar-refractivity contribution is 5.06. The average molecular weight is 265 g/mol. The van der Waals surface area contributed by atoms with Crippen molar-refractivity contribution in [2.75, 3.05) is 20.8 Å². The van der Waals surface area contributed by atoms with Gasteiger partial charge in [-0.2, -0.15) is 0 Å². The van der Waals surface area contributed by atoms with Crippen molar-refractivity contribution >= 4 is 0 Å². The van der Waals surface area contributed by atoms with E-state index in [4.69, 9.17) is 9.47 Å². The van der Waals surface area contributed by atoms with Crippen LogP contribution in [0.4, 0.5) is 0 Å². The molecule has 1 aromatic heterocycles. The highest BCUT2D eigenvalue weighted by Crippen LogP contribution is 2.43. The number of imidazole rings is 1. The first-order valence-electron chi connectivity index (χ1n) is 7.07. The van der Waals surface area contributed by atoms with Gasteiger partial charge in [0.05, 0.1) is 18.2 Å². The molecule has 0 amide bonds. The van der Waals surface area contributed by atoms with Gasteiger partial charge in [-0.3, -0.25) is 4.90 Å². The average Bonchev–Trinajstić information content (AvgIpc) is 3.07. The van der Waals surface area contributed by atoms with E-state index in [1.807, 2.05) is 26.6 Å². The Hall–Kier alpha value is -0.910. The van der Waals surface area contributed by atoms with Gasteiger partial charge in [0, 0.05) is 39.2 Å². The molecular formula is C14H23N3O2. The quantitative estimate of drug-likeness (QED) is 0.898. The van der Waals surface area contributed by atoms with Crippen LogP contribution in [0.25, 0.3) is 0 Å². The van der Waals surface area contributed by atoms with Gasteiger partial charge in [-0.05, 0) is 25.7 Å². The SMILES string of the molecule is CO[C@H]1CC[C@@]2(OC)CCN(Cc3ncc[nH]3)[C@H]2C1. The number of hydrogen-bond acceptors (Lipinski definition) is 4. The minimum Gasteiger partial charge on any atom is -0.381 e. The van der Waals surface area contributed by atoms with E-state index in [0.29, 0.717) is 12.1 Å². The Bertz CT molecular complexity index is 409. The van der Waals surface area contributed by atoms with Crippen molar-refractivity contribution in [1.29, 1.82) is 0 Å². The number of fused-ring (bicyclic) bond motifs is 1. The number of nitrogens with one attached hydrogen (secondary N) is 1. The number of aromatic nitrogens is 2. The second-order valence-electron chi connectivity index (χ2n) is 5.67. The molecule has 2 aliphatic rings. The van der Waals surface area contributed by atoms with Crippen LogP contribution in [0.5, 0.6) is 0 Å². The smallest absolute Gasteiger partial charge is 0.120 e. The zero-order valence-electron chi connectivity index (χ0n) is 11.8. The molecule has 3 rings (SSSR count). The molecule has 1 N–H and O–H groups in total. The molecule has 1 saturated carbocycles. The fourth-order valence-corrected chi connectivity index (χ4v) is 3.74. The fraction of sp³-hybridized carbons (Fsp3) is 0.786. The van der Waals surface area contributed by atoms with Crippen LogP contribution in [0.15, 0.2) is 12.4 Å². The maximum absolute atomic E-state index is 5.92. The molecule has 0 aromatic carbocycles. The molecule has 1 aromatic rings. The summed E-state index contributed by atoms with van der Waals surface area (Å²) in [6, 6.07) is 0.446. The number of likely N-dealkylation sites (tertiary alicyclic amines) is 1. The van der Waals surface area contributed by atoms with Crippen LogP contribution in [0.3, 0.4) is 0 Å². The standard InChI is InChI=1S/C14H23N3O2/c1-18-11-3-4-14(19-2)5-8-17(12(14)9-11)10-13-15-6-7-16-13/h6-7,11-12H,3-5,8-10H2,1-2H3,(H,15,16)/t11-,12-,14+/m0/s1. The maximum atomic E-state index is 5.92. The Labute approximate surface area is 114 Å². The largest absolute Gasteiger partial charge is 0.381 e. The van der Waals surface area contributed by atoms with E-state index in [1.54, 1.807) is 0 Å². The lowest BCUT2D eigenvalue weighted by molar-refractivity contribution is -0.0949. The van der Waals surface area contributed by atoms with Crippen molar-refractivity contribution < 1.29 is 9.47 Å². The molecule has 1 saturated heterocycles. The van der Waals surface area contributed by atoms with E-state index in [-0.39, 0.29) is 5.60 Å². The summed E-state index contributed by atoms with van der Waals surface area (Å²) in [7, 11) is 3.67. The summed E-state index contributed by atoms with van der Waals surface area (Å²) in [4.78, 5) is 10.0. The first-order chi connectivity index (χ1) is 9.27. The van der Waals surface area contributed by atoms with Crippen LogP contribution in [-0.4, -0.2) is 53.4 Å². The Balaban J connectivity index is 1.75. The van der Waals surface area contributed by atoms with Gasteiger partial charge in [0.1, 0.15) is 5.82 Å². The second kappa shape index (κ2) is 5.23. The van der Waals surface area contributed by atoms with Crippen molar-refractivity contribution in [2.24, 2.45) is 0 Å². The monoisotopic (exact) mass is 265 g/mol. The number of hydrogen-bond donors (Lipinski definition) is 1. The molecule has 5 nitrogen and oxygen atoms in total. The number of nitrogens with zero attached hydrogens (tertiary/aromatic N) is 2. The first kappa shape index (κ1) is 13.1. The molecule has 2 heterocycles. The van der Waals surface area contributed by atoms with E-state index in [9.17, 15) is 0 Å².